The van der Waals surface area contributed by atoms with Crippen molar-refractivity contribution in [1.82, 2.24) is 10.6 Å². The van der Waals surface area contributed by atoms with Crippen LogP contribution in [0.2, 0.25) is 0 Å². The fourth-order valence-corrected chi connectivity index (χ4v) is 3.00. The number of carbonyl (C=O) groups is 1. The lowest BCUT2D eigenvalue weighted by molar-refractivity contribution is -0.122. The minimum atomic E-state index is -0.0617. The minimum Gasteiger partial charge on any atom is -0.380 e. The van der Waals surface area contributed by atoms with Crippen molar-refractivity contribution < 1.29 is 9.53 Å². The number of carbonyl (C=O) groups excluding carboxylic acids is 1. The summed E-state index contributed by atoms with van der Waals surface area (Å²) in [5.41, 5.74) is 2.23. The molecule has 1 aliphatic rings. The zero-order valence-corrected chi connectivity index (χ0v) is 12.0. The number of hydrogen-bond donors (Lipinski definition) is 2. The first kappa shape index (κ1) is 14.4. The second-order valence-electron chi connectivity index (χ2n) is 4.50. The molecule has 1 amide bonds. The van der Waals surface area contributed by atoms with Gasteiger partial charge in [0, 0.05) is 31.7 Å². The molecule has 0 bridgehead atoms. The molecule has 1 fully saturated rings. The van der Waals surface area contributed by atoms with Gasteiger partial charge >= 0.3 is 0 Å². The van der Waals surface area contributed by atoms with Gasteiger partial charge in [0.15, 0.2) is 0 Å². The first-order valence-corrected chi connectivity index (χ1v) is 7.61. The summed E-state index contributed by atoms with van der Waals surface area (Å²) in [6.07, 6.45) is 0. The molecule has 0 aromatic heterocycles. The summed E-state index contributed by atoms with van der Waals surface area (Å²) >= 11 is 1.82. The number of thioether (sulfide) groups is 1. The normalized spacial score (nSPS) is 19.1. The fraction of sp³-hybridized carbons (Fsp3) is 0.500. The maximum absolute atomic E-state index is 12.0. The van der Waals surface area contributed by atoms with Crippen LogP contribution in [0.3, 0.4) is 0 Å². The summed E-state index contributed by atoms with van der Waals surface area (Å²) in [6.45, 7) is 2.04. The smallest absolute Gasteiger partial charge is 0.238 e. The van der Waals surface area contributed by atoms with Crippen molar-refractivity contribution in [1.29, 1.82) is 0 Å². The summed E-state index contributed by atoms with van der Waals surface area (Å²) in [7, 11) is 1.68. The average Bonchev–Trinajstić information content (AvgIpc) is 2.47. The van der Waals surface area contributed by atoms with Crippen LogP contribution in [0.1, 0.15) is 11.1 Å². The third kappa shape index (κ3) is 4.23. The van der Waals surface area contributed by atoms with Crippen LogP contribution < -0.4 is 10.6 Å². The minimum absolute atomic E-state index is 0.0617. The number of rotatable bonds is 5. The maximum Gasteiger partial charge on any atom is 0.238 e. The molecule has 19 heavy (non-hydrogen) atoms. The van der Waals surface area contributed by atoms with Gasteiger partial charge in [-0.3, -0.25) is 4.79 Å². The van der Waals surface area contributed by atoms with E-state index in [0.29, 0.717) is 13.2 Å². The van der Waals surface area contributed by atoms with E-state index in [1.165, 1.54) is 0 Å². The van der Waals surface area contributed by atoms with Crippen molar-refractivity contribution in [2.45, 2.75) is 19.2 Å². The van der Waals surface area contributed by atoms with Crippen LogP contribution in [0.4, 0.5) is 0 Å². The van der Waals surface area contributed by atoms with Crippen LogP contribution in [0.5, 0.6) is 0 Å². The lowest BCUT2D eigenvalue weighted by Gasteiger charge is -2.22. The van der Waals surface area contributed by atoms with Gasteiger partial charge in [-0.05, 0) is 11.1 Å². The fourth-order valence-electron chi connectivity index (χ4n) is 2.07. The highest BCUT2D eigenvalue weighted by Gasteiger charge is 2.20. The predicted octanol–water partition coefficient (Wildman–Crippen LogP) is 1.15. The van der Waals surface area contributed by atoms with Crippen LogP contribution in [-0.2, 0) is 22.7 Å². The molecule has 5 heteroatoms. The van der Waals surface area contributed by atoms with Gasteiger partial charge in [0.05, 0.1) is 12.6 Å². The van der Waals surface area contributed by atoms with Crippen molar-refractivity contribution in [3.63, 3.8) is 0 Å². The van der Waals surface area contributed by atoms with Gasteiger partial charge in [-0.15, -0.1) is 0 Å². The lowest BCUT2D eigenvalue weighted by Crippen LogP contribution is -2.48. The van der Waals surface area contributed by atoms with Crippen molar-refractivity contribution in [2.24, 2.45) is 0 Å². The Morgan fingerprint density at radius 2 is 2.26 bits per heavy atom. The van der Waals surface area contributed by atoms with E-state index in [-0.39, 0.29) is 11.9 Å². The number of benzene rings is 1. The molecule has 1 atom stereocenters. The Balaban J connectivity index is 1.89. The third-order valence-corrected chi connectivity index (χ3v) is 4.17. The average molecular weight is 280 g/mol. The van der Waals surface area contributed by atoms with Crippen molar-refractivity contribution >= 4 is 17.7 Å². The zero-order chi connectivity index (χ0) is 13.5. The number of methoxy groups -OCH3 is 1. The van der Waals surface area contributed by atoms with Crippen LogP contribution in [0.15, 0.2) is 24.3 Å². The highest BCUT2D eigenvalue weighted by molar-refractivity contribution is 7.99. The molecule has 1 unspecified atom stereocenters. The molecule has 1 aromatic rings. The molecule has 4 nitrogen and oxygen atoms in total. The van der Waals surface area contributed by atoms with E-state index in [1.54, 1.807) is 7.11 Å². The van der Waals surface area contributed by atoms with E-state index in [4.69, 9.17) is 4.74 Å². The van der Waals surface area contributed by atoms with Gasteiger partial charge in [0.2, 0.25) is 5.91 Å². The van der Waals surface area contributed by atoms with E-state index in [1.807, 2.05) is 36.0 Å². The Kier molecular flexibility index (Phi) is 5.69. The second-order valence-corrected chi connectivity index (χ2v) is 5.65. The number of hydrogen-bond acceptors (Lipinski definition) is 4. The second kappa shape index (κ2) is 7.53. The molecule has 104 valence electrons. The number of amides is 1. The van der Waals surface area contributed by atoms with Gasteiger partial charge in [-0.2, -0.15) is 11.8 Å². The largest absolute Gasteiger partial charge is 0.380 e. The molecule has 0 saturated carbocycles. The Morgan fingerprint density at radius 1 is 1.47 bits per heavy atom. The van der Waals surface area contributed by atoms with Gasteiger partial charge < -0.3 is 15.4 Å². The lowest BCUT2D eigenvalue weighted by atomic mass is 10.1. The topological polar surface area (TPSA) is 50.4 Å². The molecule has 0 radical (unpaired) electrons. The maximum atomic E-state index is 12.0. The highest BCUT2D eigenvalue weighted by atomic mass is 32.2. The van der Waals surface area contributed by atoms with Gasteiger partial charge in [-0.25, -0.2) is 0 Å². The molecule has 1 heterocycles. The van der Waals surface area contributed by atoms with Crippen molar-refractivity contribution in [3.05, 3.63) is 35.4 Å². The zero-order valence-electron chi connectivity index (χ0n) is 11.1. The van der Waals surface area contributed by atoms with E-state index in [2.05, 4.69) is 10.6 Å². The first-order valence-electron chi connectivity index (χ1n) is 6.46. The van der Waals surface area contributed by atoms with E-state index in [9.17, 15) is 4.79 Å². The first-order chi connectivity index (χ1) is 9.31. The molecule has 1 aromatic carbocycles. The summed E-state index contributed by atoms with van der Waals surface area (Å²) in [4.78, 5) is 12.0. The van der Waals surface area contributed by atoms with Crippen LogP contribution in [0.25, 0.3) is 0 Å². The molecule has 0 aliphatic carbocycles. The van der Waals surface area contributed by atoms with Crippen LogP contribution in [0, 0.1) is 0 Å². The van der Waals surface area contributed by atoms with Gasteiger partial charge in [0.25, 0.3) is 0 Å². The standard InChI is InChI=1S/C14H20N2O2S/c1-18-9-12-5-3-2-4-11(12)8-16-14(17)13-10-19-7-6-15-13/h2-5,13,15H,6-10H2,1H3,(H,16,17). The Hall–Kier alpha value is -1.04. The molecular formula is C14H20N2O2S. The summed E-state index contributed by atoms with van der Waals surface area (Å²) in [6, 6.07) is 7.96. The Labute approximate surface area is 118 Å². The summed E-state index contributed by atoms with van der Waals surface area (Å²) < 4.78 is 5.16. The molecule has 2 N–H and O–H groups in total. The number of ether oxygens (including phenoxy) is 1. The summed E-state index contributed by atoms with van der Waals surface area (Å²) in [5.74, 6) is 2.02. The molecule has 1 aliphatic heterocycles. The quantitative estimate of drug-likeness (QED) is 0.849. The summed E-state index contributed by atoms with van der Waals surface area (Å²) in [5, 5.41) is 6.23. The Bertz CT molecular complexity index is 420. The van der Waals surface area contributed by atoms with Crippen LogP contribution >= 0.6 is 11.8 Å². The molecule has 0 spiro atoms. The van der Waals surface area contributed by atoms with Crippen LogP contribution in [-0.4, -0.2) is 37.1 Å². The molecule has 1 saturated heterocycles. The van der Waals surface area contributed by atoms with E-state index >= 15 is 0 Å². The third-order valence-electron chi connectivity index (χ3n) is 3.11. The van der Waals surface area contributed by atoms with Gasteiger partial charge in [-0.1, -0.05) is 24.3 Å². The van der Waals surface area contributed by atoms with Crippen molar-refractivity contribution in [2.75, 3.05) is 25.2 Å². The molecular weight excluding hydrogens is 260 g/mol. The highest BCUT2D eigenvalue weighted by Crippen LogP contribution is 2.11. The van der Waals surface area contributed by atoms with E-state index < -0.39 is 0 Å². The Morgan fingerprint density at radius 3 is 2.95 bits per heavy atom. The van der Waals surface area contributed by atoms with E-state index in [0.717, 1.165) is 29.2 Å². The molecule has 2 rings (SSSR count). The van der Waals surface area contributed by atoms with Gasteiger partial charge in [0.1, 0.15) is 0 Å². The predicted molar refractivity (Wildman–Crippen MR) is 78.1 cm³/mol. The van der Waals surface area contributed by atoms with Crippen molar-refractivity contribution in [3.8, 4) is 0 Å². The monoisotopic (exact) mass is 280 g/mol. The number of nitrogens with one attached hydrogen (secondary N) is 2. The SMILES string of the molecule is COCc1ccccc1CNC(=O)C1CSCCN1.